The van der Waals surface area contributed by atoms with Gasteiger partial charge in [0.25, 0.3) is 0 Å². The fourth-order valence-corrected chi connectivity index (χ4v) is 0.667. The molecule has 0 aliphatic rings. The van der Waals surface area contributed by atoms with Crippen LogP contribution in [0.15, 0.2) is 0 Å². The van der Waals surface area contributed by atoms with Crippen molar-refractivity contribution >= 4 is 0 Å². The van der Waals surface area contributed by atoms with Gasteiger partial charge < -0.3 is 17.2 Å². The standard InChI is InChI=1S/C6H15N.CN.Li/c1-5(2)7-6(3)4;1-2;/h5-7H,1-4H3;;/q;-1;+1. The first-order valence-corrected chi connectivity index (χ1v) is 3.11. The molecule has 0 amide bonds. The molecule has 0 radical (unpaired) electrons. The molecule has 0 fully saturated rings. The second kappa shape index (κ2) is 11.8. The van der Waals surface area contributed by atoms with Gasteiger partial charge in [-0.05, 0) is 0 Å². The van der Waals surface area contributed by atoms with Crippen LogP contribution < -0.4 is 24.2 Å². The molecule has 3 heteroatoms. The molecule has 0 aromatic rings. The van der Waals surface area contributed by atoms with Crippen molar-refractivity contribution in [1.29, 1.82) is 5.26 Å². The Bertz CT molecular complexity index is 63.3. The molecule has 0 aromatic carbocycles. The van der Waals surface area contributed by atoms with E-state index >= 15 is 0 Å². The maximum absolute atomic E-state index is 6.25. The third kappa shape index (κ3) is 24.4. The topological polar surface area (TPSA) is 35.8 Å². The van der Waals surface area contributed by atoms with Gasteiger partial charge in [-0.15, -0.1) is 0 Å². The number of hydrogen-bond donors (Lipinski definition) is 1. The Hall–Kier alpha value is 0.0474. The fraction of sp³-hybridized carbons (Fsp3) is 0.857. The summed E-state index contributed by atoms with van der Waals surface area (Å²) in [5.41, 5.74) is 0. The Balaban J connectivity index is -0.000000149. The van der Waals surface area contributed by atoms with Crippen molar-refractivity contribution < 1.29 is 18.9 Å². The van der Waals surface area contributed by atoms with Crippen LogP contribution in [0.3, 0.4) is 0 Å². The van der Waals surface area contributed by atoms with E-state index in [1.54, 1.807) is 0 Å². The number of rotatable bonds is 2. The summed E-state index contributed by atoms with van der Waals surface area (Å²) >= 11 is 0. The van der Waals surface area contributed by atoms with Crippen molar-refractivity contribution in [2.24, 2.45) is 0 Å². The Morgan fingerprint density at radius 1 is 1.00 bits per heavy atom. The van der Waals surface area contributed by atoms with Crippen LogP contribution in [0.25, 0.3) is 0 Å². The summed E-state index contributed by atoms with van der Waals surface area (Å²) in [5, 5.41) is 9.56. The van der Waals surface area contributed by atoms with Gasteiger partial charge in [0.1, 0.15) is 0 Å². The molecule has 54 valence electrons. The quantitative estimate of drug-likeness (QED) is 0.368. The second-order valence-electron chi connectivity index (χ2n) is 2.48. The van der Waals surface area contributed by atoms with Gasteiger partial charge in [0.05, 0.1) is 0 Å². The first kappa shape index (κ1) is 16.6. The van der Waals surface area contributed by atoms with Crippen LogP contribution in [0.4, 0.5) is 0 Å². The molecule has 0 unspecified atom stereocenters. The Labute approximate surface area is 76.2 Å². The van der Waals surface area contributed by atoms with Gasteiger partial charge in [-0.3, -0.25) is 0 Å². The molecular weight excluding hydrogens is 119 g/mol. The maximum atomic E-state index is 6.25. The molecule has 0 heterocycles. The molecule has 0 aromatic heterocycles. The molecule has 10 heavy (non-hydrogen) atoms. The van der Waals surface area contributed by atoms with Gasteiger partial charge in [0.2, 0.25) is 0 Å². The molecule has 0 spiro atoms. The molecule has 2 nitrogen and oxygen atoms in total. The van der Waals surface area contributed by atoms with Gasteiger partial charge in [-0.2, -0.15) is 0 Å². The smallest absolute Gasteiger partial charge is 0.512 e. The summed E-state index contributed by atoms with van der Waals surface area (Å²) in [6, 6.07) is 1.25. The number of hydrogen-bond acceptors (Lipinski definition) is 2. The molecule has 0 atom stereocenters. The minimum Gasteiger partial charge on any atom is -0.512 e. The molecular formula is C7H15LiN2. The summed E-state index contributed by atoms with van der Waals surface area (Å²) in [6.45, 7) is 13.4. The zero-order valence-electron chi connectivity index (χ0n) is 7.60. The summed E-state index contributed by atoms with van der Waals surface area (Å²) in [7, 11) is 0. The zero-order valence-corrected chi connectivity index (χ0v) is 7.60. The first-order valence-electron chi connectivity index (χ1n) is 3.11. The van der Waals surface area contributed by atoms with Crippen molar-refractivity contribution in [2.75, 3.05) is 0 Å². The van der Waals surface area contributed by atoms with E-state index in [0.29, 0.717) is 12.1 Å². The minimum absolute atomic E-state index is 0. The summed E-state index contributed by atoms with van der Waals surface area (Å²) in [5.74, 6) is 0. The van der Waals surface area contributed by atoms with E-state index in [9.17, 15) is 0 Å². The van der Waals surface area contributed by atoms with E-state index < -0.39 is 0 Å². The van der Waals surface area contributed by atoms with Crippen LogP contribution in [0.2, 0.25) is 0 Å². The van der Waals surface area contributed by atoms with Crippen LogP contribution in [0, 0.1) is 11.8 Å². The maximum Gasteiger partial charge on any atom is 1.00 e. The van der Waals surface area contributed by atoms with Gasteiger partial charge >= 0.3 is 18.9 Å². The predicted octanol–water partition coefficient (Wildman–Crippen LogP) is -1.51. The van der Waals surface area contributed by atoms with Gasteiger partial charge in [-0.25, -0.2) is 0 Å². The van der Waals surface area contributed by atoms with E-state index in [4.69, 9.17) is 11.8 Å². The molecule has 0 saturated heterocycles. The molecule has 0 aliphatic heterocycles. The average molecular weight is 134 g/mol. The van der Waals surface area contributed by atoms with E-state index in [2.05, 4.69) is 33.0 Å². The van der Waals surface area contributed by atoms with E-state index in [1.165, 1.54) is 0 Å². The van der Waals surface area contributed by atoms with E-state index in [1.807, 2.05) is 0 Å². The Kier molecular flexibility index (Phi) is 19.5. The van der Waals surface area contributed by atoms with Crippen molar-refractivity contribution in [3.8, 4) is 0 Å². The monoisotopic (exact) mass is 134 g/mol. The molecule has 0 aliphatic carbocycles. The van der Waals surface area contributed by atoms with Crippen LogP contribution in [0.5, 0.6) is 0 Å². The Morgan fingerprint density at radius 2 is 1.20 bits per heavy atom. The van der Waals surface area contributed by atoms with Crippen molar-refractivity contribution in [1.82, 2.24) is 5.32 Å². The van der Waals surface area contributed by atoms with Crippen LogP contribution in [-0.2, 0) is 0 Å². The summed E-state index contributed by atoms with van der Waals surface area (Å²) < 4.78 is 0. The van der Waals surface area contributed by atoms with Crippen LogP contribution in [0.1, 0.15) is 27.7 Å². The average Bonchev–Trinajstić information content (AvgIpc) is 1.68. The van der Waals surface area contributed by atoms with Gasteiger partial charge in [0, 0.05) is 12.1 Å². The van der Waals surface area contributed by atoms with Crippen LogP contribution >= 0.6 is 0 Å². The van der Waals surface area contributed by atoms with Crippen molar-refractivity contribution in [3.63, 3.8) is 0 Å². The molecule has 0 saturated carbocycles. The van der Waals surface area contributed by atoms with Crippen LogP contribution in [-0.4, -0.2) is 12.1 Å². The van der Waals surface area contributed by atoms with Crippen molar-refractivity contribution in [2.45, 2.75) is 39.8 Å². The van der Waals surface area contributed by atoms with Gasteiger partial charge in [0.15, 0.2) is 0 Å². The number of nitrogens with one attached hydrogen (secondary N) is 1. The SMILES string of the molecule is CC(C)NC(C)C.[C-]#N.[Li+]. The zero-order chi connectivity index (χ0) is 7.86. The van der Waals surface area contributed by atoms with Gasteiger partial charge in [-0.1, -0.05) is 27.7 Å². The third-order valence-electron chi connectivity index (χ3n) is 0.667. The molecule has 0 bridgehead atoms. The summed E-state index contributed by atoms with van der Waals surface area (Å²) in [4.78, 5) is 0. The third-order valence-corrected chi connectivity index (χ3v) is 0.667. The largest absolute Gasteiger partial charge is 1.00 e. The van der Waals surface area contributed by atoms with Crippen molar-refractivity contribution in [3.05, 3.63) is 6.57 Å². The molecule has 1 N–H and O–H groups in total. The Morgan fingerprint density at radius 3 is 1.20 bits per heavy atom. The molecule has 0 rings (SSSR count). The van der Waals surface area contributed by atoms with E-state index in [0.717, 1.165) is 0 Å². The minimum atomic E-state index is 0. The predicted molar refractivity (Wildman–Crippen MR) is 38.4 cm³/mol. The van der Waals surface area contributed by atoms with E-state index in [-0.39, 0.29) is 18.9 Å². The first-order chi connectivity index (χ1) is 4.13. The second-order valence-corrected chi connectivity index (χ2v) is 2.48. The number of nitrogens with zero attached hydrogens (tertiary/aromatic N) is 1. The normalized spacial score (nSPS) is 8.00. The fourth-order valence-electron chi connectivity index (χ4n) is 0.667. The summed E-state index contributed by atoms with van der Waals surface area (Å²) in [6.07, 6.45) is 0.